The van der Waals surface area contributed by atoms with Gasteiger partial charge in [0.05, 0.1) is 7.11 Å². The van der Waals surface area contributed by atoms with Crippen molar-refractivity contribution in [3.63, 3.8) is 0 Å². The second-order valence-corrected chi connectivity index (χ2v) is 5.43. The zero-order valence-corrected chi connectivity index (χ0v) is 13.8. The summed E-state index contributed by atoms with van der Waals surface area (Å²) in [6.45, 7) is 3.62. The molecule has 112 valence electrons. The molecule has 2 aromatic rings. The molecule has 0 unspecified atom stereocenters. The number of hydrogen-bond acceptors (Lipinski definition) is 5. The number of methoxy groups -OCH3 is 1. The van der Waals surface area contributed by atoms with Gasteiger partial charge in [-0.05, 0) is 24.1 Å². The van der Waals surface area contributed by atoms with E-state index in [0.29, 0.717) is 23.9 Å². The van der Waals surface area contributed by atoms with Crippen molar-refractivity contribution in [1.29, 1.82) is 0 Å². The topological polar surface area (TPSA) is 59.1 Å². The Kier molecular flexibility index (Phi) is 5.80. The second-order valence-electron chi connectivity index (χ2n) is 4.51. The SMILES string of the molecule is CCCNc1ncnc(NCc2cccc(Br)c2)c1OC. The molecule has 1 aromatic carbocycles. The van der Waals surface area contributed by atoms with Gasteiger partial charge in [-0.25, -0.2) is 9.97 Å². The minimum atomic E-state index is 0.640. The van der Waals surface area contributed by atoms with E-state index in [1.807, 2.05) is 12.1 Å². The smallest absolute Gasteiger partial charge is 0.204 e. The van der Waals surface area contributed by atoms with Gasteiger partial charge in [0.25, 0.3) is 0 Å². The molecule has 2 rings (SSSR count). The van der Waals surface area contributed by atoms with Crippen LogP contribution in [-0.4, -0.2) is 23.6 Å². The molecule has 0 atom stereocenters. The fourth-order valence-electron chi connectivity index (χ4n) is 1.90. The highest BCUT2D eigenvalue weighted by Gasteiger charge is 2.11. The largest absolute Gasteiger partial charge is 0.490 e. The number of nitrogens with zero attached hydrogens (tertiary/aromatic N) is 2. The van der Waals surface area contributed by atoms with Crippen molar-refractivity contribution in [2.45, 2.75) is 19.9 Å². The van der Waals surface area contributed by atoms with E-state index >= 15 is 0 Å². The summed E-state index contributed by atoms with van der Waals surface area (Å²) >= 11 is 3.47. The van der Waals surface area contributed by atoms with Crippen LogP contribution in [0, 0.1) is 0 Å². The van der Waals surface area contributed by atoms with Crippen molar-refractivity contribution in [3.8, 4) is 5.75 Å². The average Bonchev–Trinajstić information content (AvgIpc) is 2.50. The highest BCUT2D eigenvalue weighted by molar-refractivity contribution is 9.10. The van der Waals surface area contributed by atoms with Crippen LogP contribution in [0.2, 0.25) is 0 Å². The maximum absolute atomic E-state index is 5.43. The van der Waals surface area contributed by atoms with Crippen LogP contribution in [0.15, 0.2) is 35.1 Å². The molecule has 5 nitrogen and oxygen atoms in total. The maximum Gasteiger partial charge on any atom is 0.204 e. The summed E-state index contributed by atoms with van der Waals surface area (Å²) in [6, 6.07) is 8.13. The molecule has 0 saturated heterocycles. The Morgan fingerprint density at radius 2 is 1.95 bits per heavy atom. The van der Waals surface area contributed by atoms with E-state index in [2.05, 4.69) is 55.6 Å². The number of nitrogens with one attached hydrogen (secondary N) is 2. The van der Waals surface area contributed by atoms with Crippen LogP contribution < -0.4 is 15.4 Å². The first-order valence-corrected chi connectivity index (χ1v) is 7.65. The lowest BCUT2D eigenvalue weighted by atomic mass is 10.2. The second kappa shape index (κ2) is 7.83. The highest BCUT2D eigenvalue weighted by Crippen LogP contribution is 2.29. The van der Waals surface area contributed by atoms with Crippen molar-refractivity contribution in [3.05, 3.63) is 40.6 Å². The third kappa shape index (κ3) is 4.32. The normalized spacial score (nSPS) is 10.2. The van der Waals surface area contributed by atoms with E-state index in [1.165, 1.54) is 6.33 Å². The zero-order chi connectivity index (χ0) is 15.1. The van der Waals surface area contributed by atoms with E-state index in [0.717, 1.165) is 23.0 Å². The molecule has 2 N–H and O–H groups in total. The van der Waals surface area contributed by atoms with Crippen LogP contribution in [0.25, 0.3) is 0 Å². The van der Waals surface area contributed by atoms with Gasteiger partial charge in [0.15, 0.2) is 11.6 Å². The van der Waals surface area contributed by atoms with E-state index in [4.69, 9.17) is 4.74 Å². The molecule has 0 aliphatic carbocycles. The molecule has 0 aliphatic heterocycles. The molecule has 0 spiro atoms. The van der Waals surface area contributed by atoms with E-state index in [1.54, 1.807) is 7.11 Å². The Balaban J connectivity index is 2.12. The van der Waals surface area contributed by atoms with Gasteiger partial charge in [-0.1, -0.05) is 35.0 Å². The van der Waals surface area contributed by atoms with Gasteiger partial charge in [0, 0.05) is 17.6 Å². The molecule has 0 aliphatic rings. The number of anilines is 2. The molecule has 0 fully saturated rings. The maximum atomic E-state index is 5.43. The summed E-state index contributed by atoms with van der Waals surface area (Å²) in [5, 5.41) is 6.53. The summed E-state index contributed by atoms with van der Waals surface area (Å²) in [5.41, 5.74) is 1.16. The summed E-state index contributed by atoms with van der Waals surface area (Å²) in [4.78, 5) is 8.48. The highest BCUT2D eigenvalue weighted by atomic mass is 79.9. The number of hydrogen-bond donors (Lipinski definition) is 2. The average molecular weight is 351 g/mol. The van der Waals surface area contributed by atoms with Gasteiger partial charge in [-0.2, -0.15) is 0 Å². The van der Waals surface area contributed by atoms with E-state index in [-0.39, 0.29) is 0 Å². The molecule has 0 amide bonds. The monoisotopic (exact) mass is 350 g/mol. The zero-order valence-electron chi connectivity index (χ0n) is 12.2. The number of aromatic nitrogens is 2. The van der Waals surface area contributed by atoms with Gasteiger partial charge < -0.3 is 15.4 Å². The molecule has 1 aromatic heterocycles. The number of benzene rings is 1. The molecule has 0 radical (unpaired) electrons. The van der Waals surface area contributed by atoms with Crippen LogP contribution >= 0.6 is 15.9 Å². The number of halogens is 1. The molecular weight excluding hydrogens is 332 g/mol. The van der Waals surface area contributed by atoms with Crippen molar-refractivity contribution in [2.75, 3.05) is 24.3 Å². The van der Waals surface area contributed by atoms with Crippen molar-refractivity contribution in [2.24, 2.45) is 0 Å². The van der Waals surface area contributed by atoms with Gasteiger partial charge >= 0.3 is 0 Å². The molecule has 0 bridgehead atoms. The lowest BCUT2D eigenvalue weighted by Gasteiger charge is -2.14. The fourth-order valence-corrected chi connectivity index (χ4v) is 2.34. The lowest BCUT2D eigenvalue weighted by molar-refractivity contribution is 0.414. The molecule has 21 heavy (non-hydrogen) atoms. The van der Waals surface area contributed by atoms with Crippen molar-refractivity contribution < 1.29 is 4.74 Å². The van der Waals surface area contributed by atoms with Gasteiger partial charge in [0.1, 0.15) is 6.33 Å². The quantitative estimate of drug-likeness (QED) is 0.797. The Morgan fingerprint density at radius 1 is 1.19 bits per heavy atom. The number of rotatable bonds is 7. The first-order valence-electron chi connectivity index (χ1n) is 6.85. The van der Waals surface area contributed by atoms with Crippen molar-refractivity contribution in [1.82, 2.24) is 9.97 Å². The van der Waals surface area contributed by atoms with Gasteiger partial charge in [-0.15, -0.1) is 0 Å². The molecule has 1 heterocycles. The van der Waals surface area contributed by atoms with Crippen LogP contribution in [0.3, 0.4) is 0 Å². The van der Waals surface area contributed by atoms with Crippen LogP contribution in [0.5, 0.6) is 5.75 Å². The third-order valence-corrected chi connectivity index (χ3v) is 3.39. The third-order valence-electron chi connectivity index (χ3n) is 2.90. The predicted octanol–water partition coefficient (Wildman–Crippen LogP) is 3.68. The van der Waals surface area contributed by atoms with Crippen LogP contribution in [0.1, 0.15) is 18.9 Å². The summed E-state index contributed by atoms with van der Waals surface area (Å²) in [6.07, 6.45) is 2.55. The number of ether oxygens (including phenoxy) is 1. The van der Waals surface area contributed by atoms with Crippen molar-refractivity contribution >= 4 is 27.6 Å². The molecule has 6 heteroatoms. The summed E-state index contributed by atoms with van der Waals surface area (Å²) in [7, 11) is 1.63. The Morgan fingerprint density at radius 3 is 2.62 bits per heavy atom. The molecule has 0 saturated carbocycles. The first kappa shape index (κ1) is 15.6. The Labute approximate surface area is 133 Å². The summed E-state index contributed by atoms with van der Waals surface area (Å²) in [5.74, 6) is 2.04. The standard InChI is InChI=1S/C15H19BrN4O/c1-3-7-17-14-13(21-2)15(20-10-19-14)18-9-11-5-4-6-12(16)8-11/h4-6,8,10H,3,7,9H2,1-2H3,(H2,17,18,19,20). The van der Waals surface area contributed by atoms with Crippen LogP contribution in [-0.2, 0) is 6.54 Å². The first-order chi connectivity index (χ1) is 10.2. The van der Waals surface area contributed by atoms with E-state index < -0.39 is 0 Å². The minimum Gasteiger partial charge on any atom is -0.490 e. The summed E-state index contributed by atoms with van der Waals surface area (Å²) < 4.78 is 6.48. The van der Waals surface area contributed by atoms with Crippen LogP contribution in [0.4, 0.5) is 11.6 Å². The predicted molar refractivity (Wildman–Crippen MR) is 88.8 cm³/mol. The van der Waals surface area contributed by atoms with Gasteiger partial charge in [0.2, 0.25) is 5.75 Å². The molecular formula is C15H19BrN4O. The fraction of sp³-hybridized carbons (Fsp3) is 0.333. The Bertz CT molecular complexity index is 592. The van der Waals surface area contributed by atoms with Gasteiger partial charge in [-0.3, -0.25) is 0 Å². The van der Waals surface area contributed by atoms with E-state index in [9.17, 15) is 0 Å². The minimum absolute atomic E-state index is 0.640. The Hall–Kier alpha value is -1.82. The lowest BCUT2D eigenvalue weighted by Crippen LogP contribution is -2.09.